The molecule has 1 amide bonds. The van der Waals surface area contributed by atoms with E-state index in [0.29, 0.717) is 25.1 Å². The van der Waals surface area contributed by atoms with E-state index in [1.165, 1.54) is 23.5 Å². The Bertz CT molecular complexity index is 628. The number of nitrogens with two attached hydrogens (primary N) is 1. The monoisotopic (exact) mass is 297 g/mol. The molecular formula is C13H19N3O3S. The highest BCUT2D eigenvalue weighted by Gasteiger charge is 2.39. The minimum atomic E-state index is -3.69. The molecule has 0 bridgehead atoms. The first-order chi connectivity index (χ1) is 9.37. The van der Waals surface area contributed by atoms with E-state index in [4.69, 9.17) is 5.73 Å². The molecule has 110 valence electrons. The summed E-state index contributed by atoms with van der Waals surface area (Å²) in [6.07, 6.45) is 1.22. The van der Waals surface area contributed by atoms with Crippen molar-refractivity contribution in [3.05, 3.63) is 23.8 Å². The summed E-state index contributed by atoms with van der Waals surface area (Å²) in [6.45, 7) is 2.17. The smallest absolute Gasteiger partial charge is 0.243 e. The van der Waals surface area contributed by atoms with Crippen LogP contribution in [0.15, 0.2) is 23.1 Å². The number of nitrogen functional groups attached to an aromatic ring is 1. The Kier molecular flexibility index (Phi) is 4.01. The standard InChI is InChI=1S/C13H19N3O3S/c1-9-5-6-10(8-11(9)14)20(18,19)16-7-3-4-12(16)13(17)15-2/h5-6,8,12H,3-4,7,14H2,1-2H3,(H,15,17). The zero-order valence-electron chi connectivity index (χ0n) is 11.6. The third-order valence-electron chi connectivity index (χ3n) is 3.61. The van der Waals surface area contributed by atoms with Crippen molar-refractivity contribution in [3.8, 4) is 0 Å². The van der Waals surface area contributed by atoms with Crippen LogP contribution >= 0.6 is 0 Å². The molecule has 1 aliphatic rings. The van der Waals surface area contributed by atoms with Crippen LogP contribution in [0.3, 0.4) is 0 Å². The van der Waals surface area contributed by atoms with Crippen molar-refractivity contribution in [2.75, 3.05) is 19.3 Å². The van der Waals surface area contributed by atoms with E-state index in [2.05, 4.69) is 5.32 Å². The van der Waals surface area contributed by atoms with Gasteiger partial charge in [0.25, 0.3) is 0 Å². The summed E-state index contributed by atoms with van der Waals surface area (Å²) < 4.78 is 26.5. The zero-order chi connectivity index (χ0) is 14.9. The molecule has 0 spiro atoms. The van der Waals surface area contributed by atoms with Crippen LogP contribution in [-0.4, -0.2) is 38.3 Å². The normalized spacial score (nSPS) is 20.0. The number of hydrogen-bond donors (Lipinski definition) is 2. The van der Waals surface area contributed by atoms with E-state index in [0.717, 1.165) is 5.56 Å². The Morgan fingerprint density at radius 1 is 1.45 bits per heavy atom. The van der Waals surface area contributed by atoms with Crippen LogP contribution in [0.25, 0.3) is 0 Å². The number of benzene rings is 1. The summed E-state index contributed by atoms with van der Waals surface area (Å²) in [6, 6.07) is 4.02. The topological polar surface area (TPSA) is 92.5 Å². The fraction of sp³-hybridized carbons (Fsp3) is 0.462. The Hall–Kier alpha value is -1.60. The van der Waals surface area contributed by atoms with Gasteiger partial charge in [-0.1, -0.05) is 6.07 Å². The molecule has 0 radical (unpaired) electrons. The lowest BCUT2D eigenvalue weighted by Gasteiger charge is -2.23. The van der Waals surface area contributed by atoms with Gasteiger partial charge in [0.05, 0.1) is 4.90 Å². The van der Waals surface area contributed by atoms with Crippen LogP contribution in [0.2, 0.25) is 0 Å². The molecule has 1 saturated heterocycles. The fourth-order valence-corrected chi connectivity index (χ4v) is 4.06. The second kappa shape index (κ2) is 5.41. The summed E-state index contributed by atoms with van der Waals surface area (Å²) >= 11 is 0. The third kappa shape index (κ3) is 2.51. The number of nitrogens with one attached hydrogen (secondary N) is 1. The SMILES string of the molecule is CNC(=O)C1CCCN1S(=O)(=O)c1ccc(C)c(N)c1. The van der Waals surface area contributed by atoms with Crippen LogP contribution in [0.4, 0.5) is 5.69 Å². The molecule has 0 aliphatic carbocycles. The number of anilines is 1. The van der Waals surface area contributed by atoms with Crippen LogP contribution < -0.4 is 11.1 Å². The van der Waals surface area contributed by atoms with Crippen LogP contribution in [0.1, 0.15) is 18.4 Å². The number of aryl methyl sites for hydroxylation is 1. The molecule has 7 heteroatoms. The maximum Gasteiger partial charge on any atom is 0.243 e. The zero-order valence-corrected chi connectivity index (χ0v) is 12.4. The molecule has 1 aromatic carbocycles. The highest BCUT2D eigenvalue weighted by molar-refractivity contribution is 7.89. The molecule has 1 aromatic rings. The maximum absolute atomic E-state index is 12.6. The van der Waals surface area contributed by atoms with Gasteiger partial charge in [0.2, 0.25) is 15.9 Å². The maximum atomic E-state index is 12.6. The number of nitrogens with zero attached hydrogens (tertiary/aromatic N) is 1. The predicted octanol–water partition coefficient (Wildman–Crippen LogP) is 0.476. The molecular weight excluding hydrogens is 278 g/mol. The van der Waals surface area contributed by atoms with Gasteiger partial charge < -0.3 is 11.1 Å². The molecule has 1 fully saturated rings. The van der Waals surface area contributed by atoms with E-state index in [9.17, 15) is 13.2 Å². The lowest BCUT2D eigenvalue weighted by molar-refractivity contribution is -0.123. The second-order valence-corrected chi connectivity index (χ2v) is 6.80. The molecule has 1 unspecified atom stereocenters. The lowest BCUT2D eigenvalue weighted by Crippen LogP contribution is -2.44. The van der Waals surface area contributed by atoms with Gasteiger partial charge in [0.1, 0.15) is 6.04 Å². The van der Waals surface area contributed by atoms with Crippen LogP contribution in [-0.2, 0) is 14.8 Å². The highest BCUT2D eigenvalue weighted by Crippen LogP contribution is 2.27. The van der Waals surface area contributed by atoms with Crippen molar-refractivity contribution in [1.82, 2.24) is 9.62 Å². The van der Waals surface area contributed by atoms with Gasteiger partial charge in [-0.2, -0.15) is 4.31 Å². The lowest BCUT2D eigenvalue weighted by atomic mass is 10.2. The quantitative estimate of drug-likeness (QED) is 0.794. The Labute approximate surface area is 119 Å². The van der Waals surface area contributed by atoms with Gasteiger partial charge >= 0.3 is 0 Å². The van der Waals surface area contributed by atoms with E-state index in [-0.39, 0.29) is 10.8 Å². The van der Waals surface area contributed by atoms with Crippen molar-refractivity contribution < 1.29 is 13.2 Å². The predicted molar refractivity (Wildman–Crippen MR) is 76.6 cm³/mol. The van der Waals surface area contributed by atoms with Crippen molar-refractivity contribution in [2.24, 2.45) is 0 Å². The van der Waals surface area contributed by atoms with E-state index in [1.807, 2.05) is 6.92 Å². The summed E-state index contributed by atoms with van der Waals surface area (Å²) in [7, 11) is -2.18. The Balaban J connectivity index is 2.38. The first kappa shape index (κ1) is 14.8. The summed E-state index contributed by atoms with van der Waals surface area (Å²) in [4.78, 5) is 11.9. The van der Waals surface area contributed by atoms with Crippen molar-refractivity contribution in [2.45, 2.75) is 30.7 Å². The van der Waals surface area contributed by atoms with E-state index >= 15 is 0 Å². The van der Waals surface area contributed by atoms with E-state index in [1.54, 1.807) is 6.07 Å². The molecule has 1 heterocycles. The minimum Gasteiger partial charge on any atom is -0.398 e. The number of rotatable bonds is 3. The number of sulfonamides is 1. The van der Waals surface area contributed by atoms with Gasteiger partial charge in [-0.3, -0.25) is 4.79 Å². The number of amides is 1. The van der Waals surface area contributed by atoms with Crippen LogP contribution in [0, 0.1) is 6.92 Å². The van der Waals surface area contributed by atoms with Gasteiger partial charge in [-0.05, 0) is 37.5 Å². The van der Waals surface area contributed by atoms with Crippen molar-refractivity contribution in [3.63, 3.8) is 0 Å². The molecule has 20 heavy (non-hydrogen) atoms. The number of likely N-dealkylation sites (N-methyl/N-ethyl adjacent to an activating group) is 1. The third-order valence-corrected chi connectivity index (χ3v) is 5.51. The number of hydrogen-bond acceptors (Lipinski definition) is 4. The molecule has 2 rings (SSSR count). The number of carbonyl (C=O) groups excluding carboxylic acids is 1. The summed E-state index contributed by atoms with van der Waals surface area (Å²) in [5, 5.41) is 2.51. The molecule has 6 nitrogen and oxygen atoms in total. The fourth-order valence-electron chi connectivity index (χ4n) is 2.37. The van der Waals surface area contributed by atoms with E-state index < -0.39 is 16.1 Å². The minimum absolute atomic E-state index is 0.136. The largest absolute Gasteiger partial charge is 0.398 e. The van der Waals surface area contributed by atoms with Crippen LogP contribution in [0.5, 0.6) is 0 Å². The Morgan fingerprint density at radius 3 is 2.75 bits per heavy atom. The molecule has 3 N–H and O–H groups in total. The molecule has 1 aliphatic heterocycles. The first-order valence-corrected chi connectivity index (χ1v) is 7.91. The molecule has 0 aromatic heterocycles. The van der Waals surface area contributed by atoms with Gasteiger partial charge in [0, 0.05) is 19.3 Å². The highest BCUT2D eigenvalue weighted by atomic mass is 32.2. The molecule has 0 saturated carbocycles. The van der Waals surface area contributed by atoms with Gasteiger partial charge in [-0.25, -0.2) is 8.42 Å². The average molecular weight is 297 g/mol. The Morgan fingerprint density at radius 2 is 2.15 bits per heavy atom. The van der Waals surface area contributed by atoms with Gasteiger partial charge in [-0.15, -0.1) is 0 Å². The molecule has 1 atom stereocenters. The average Bonchev–Trinajstić information content (AvgIpc) is 2.90. The van der Waals surface area contributed by atoms with Crippen molar-refractivity contribution in [1.29, 1.82) is 0 Å². The first-order valence-electron chi connectivity index (χ1n) is 6.47. The summed E-state index contributed by atoms with van der Waals surface area (Å²) in [5.41, 5.74) is 7.03. The second-order valence-electron chi connectivity index (χ2n) is 4.91. The summed E-state index contributed by atoms with van der Waals surface area (Å²) in [5.74, 6) is -0.272. The van der Waals surface area contributed by atoms with Gasteiger partial charge in [0.15, 0.2) is 0 Å². The van der Waals surface area contributed by atoms with Crippen molar-refractivity contribution >= 4 is 21.6 Å². The number of carbonyl (C=O) groups is 1.